The number of hydrogen-bond donors (Lipinski definition) is 1. The third kappa shape index (κ3) is 4.13. The minimum Gasteiger partial charge on any atom is -0.277 e. The lowest BCUT2D eigenvalue weighted by Gasteiger charge is -2.11. The number of aromatic amines is 1. The molecule has 30 heavy (non-hydrogen) atoms. The molecular weight excluding hydrogens is 398 g/mol. The number of carbonyl (C=O) groups excluding carboxylic acids is 1. The molecule has 8 heteroatoms. The lowest BCUT2D eigenvalue weighted by Crippen LogP contribution is -2.20. The minimum atomic E-state index is -0.447. The molecule has 0 aliphatic heterocycles. The van der Waals surface area contributed by atoms with Crippen molar-refractivity contribution in [2.75, 3.05) is 7.05 Å². The van der Waals surface area contributed by atoms with Crippen LogP contribution in [0.4, 0.5) is 0 Å². The number of amides is 1. The summed E-state index contributed by atoms with van der Waals surface area (Å²) in [4.78, 5) is 29.0. The molecular formula is C22H17N5O2S. The van der Waals surface area contributed by atoms with Gasteiger partial charge in [0.25, 0.3) is 5.91 Å². The Balaban J connectivity index is 1.60. The summed E-state index contributed by atoms with van der Waals surface area (Å²) >= 11 is 1.44. The smallest absolute Gasteiger partial charge is 0.277 e. The molecule has 0 saturated heterocycles. The third-order valence-corrected chi connectivity index (χ3v) is 5.49. The molecule has 4 rings (SSSR count). The van der Waals surface area contributed by atoms with Crippen molar-refractivity contribution < 1.29 is 4.79 Å². The summed E-state index contributed by atoms with van der Waals surface area (Å²) in [7, 11) is 1.34. The Morgan fingerprint density at radius 1 is 1.10 bits per heavy atom. The Morgan fingerprint density at radius 3 is 2.73 bits per heavy atom. The van der Waals surface area contributed by atoms with Crippen LogP contribution in [0.25, 0.3) is 23.1 Å². The number of hydrogen-bond acceptors (Lipinski definition) is 6. The quantitative estimate of drug-likeness (QED) is 0.352. The van der Waals surface area contributed by atoms with Gasteiger partial charge in [-0.1, -0.05) is 30.0 Å². The number of fused-ring (bicyclic) bond motifs is 1. The molecule has 1 N–H and O–H groups in total. The third-order valence-electron chi connectivity index (χ3n) is 4.43. The average molecular weight is 415 g/mol. The fourth-order valence-electron chi connectivity index (χ4n) is 2.92. The molecule has 0 spiro atoms. The van der Waals surface area contributed by atoms with Crippen molar-refractivity contribution in [2.24, 2.45) is 5.29 Å². The molecule has 2 aromatic heterocycles. The van der Waals surface area contributed by atoms with Gasteiger partial charge < -0.3 is 0 Å². The number of nitrogens with zero attached hydrogens (tertiary/aromatic N) is 4. The van der Waals surface area contributed by atoms with E-state index in [0.29, 0.717) is 5.56 Å². The van der Waals surface area contributed by atoms with Crippen LogP contribution in [0.15, 0.2) is 81.9 Å². The van der Waals surface area contributed by atoms with E-state index >= 15 is 0 Å². The van der Waals surface area contributed by atoms with Gasteiger partial charge in [-0.2, -0.15) is 10.1 Å². The van der Waals surface area contributed by atoms with E-state index in [1.165, 1.54) is 18.8 Å². The highest BCUT2D eigenvalue weighted by Crippen LogP contribution is 2.33. The normalized spacial score (nSPS) is 11.1. The van der Waals surface area contributed by atoms with Crippen molar-refractivity contribution in [1.29, 1.82) is 0 Å². The van der Waals surface area contributed by atoms with E-state index in [2.05, 4.69) is 20.5 Å². The number of H-pyrrole nitrogens is 1. The maximum atomic E-state index is 12.4. The van der Waals surface area contributed by atoms with Gasteiger partial charge in [0.05, 0.1) is 27.8 Å². The molecule has 0 aliphatic rings. The lowest BCUT2D eigenvalue weighted by atomic mass is 10.2. The fraction of sp³-hybridized carbons (Fsp3) is 0.0455. The summed E-state index contributed by atoms with van der Waals surface area (Å²) in [6, 6.07) is 18.8. The summed E-state index contributed by atoms with van der Waals surface area (Å²) < 4.78 is 0. The maximum Gasteiger partial charge on any atom is 0.277 e. The minimum absolute atomic E-state index is 0.424. The van der Waals surface area contributed by atoms with Gasteiger partial charge in [-0.3, -0.25) is 14.9 Å². The molecule has 0 fully saturated rings. The van der Waals surface area contributed by atoms with Gasteiger partial charge in [-0.25, -0.2) is 0 Å². The van der Waals surface area contributed by atoms with E-state index in [-0.39, 0.29) is 0 Å². The molecule has 2 aromatic carbocycles. The molecule has 0 unspecified atom stereocenters. The van der Waals surface area contributed by atoms with E-state index in [1.54, 1.807) is 18.3 Å². The van der Waals surface area contributed by atoms with Gasteiger partial charge in [0.2, 0.25) is 0 Å². The SMILES string of the molecule is CN(N=O)C(=O)c1ccccc1Sc1ccc2c(/C=C/c3ccccn3)n[nH]c2c1. The first-order chi connectivity index (χ1) is 14.7. The second-order valence-electron chi connectivity index (χ2n) is 6.41. The first kappa shape index (κ1) is 19.5. The van der Waals surface area contributed by atoms with E-state index in [0.717, 1.165) is 37.1 Å². The molecule has 148 valence electrons. The van der Waals surface area contributed by atoms with Crippen LogP contribution in [0.5, 0.6) is 0 Å². The van der Waals surface area contributed by atoms with E-state index in [4.69, 9.17) is 0 Å². The number of pyridine rings is 1. The van der Waals surface area contributed by atoms with Gasteiger partial charge >= 0.3 is 0 Å². The first-order valence-electron chi connectivity index (χ1n) is 9.11. The van der Waals surface area contributed by atoms with Crippen molar-refractivity contribution in [3.8, 4) is 0 Å². The molecule has 4 aromatic rings. The van der Waals surface area contributed by atoms with Gasteiger partial charge in [-0.05, 0) is 54.6 Å². The highest BCUT2D eigenvalue weighted by Gasteiger charge is 2.17. The van der Waals surface area contributed by atoms with Crippen LogP contribution in [0.2, 0.25) is 0 Å². The number of rotatable bonds is 6. The highest BCUT2D eigenvalue weighted by molar-refractivity contribution is 7.99. The molecule has 1 amide bonds. The van der Waals surface area contributed by atoms with E-state index in [9.17, 15) is 9.70 Å². The van der Waals surface area contributed by atoms with E-state index in [1.807, 2.05) is 60.7 Å². The number of carbonyl (C=O) groups is 1. The van der Waals surface area contributed by atoms with Crippen molar-refractivity contribution in [2.45, 2.75) is 9.79 Å². The maximum absolute atomic E-state index is 12.4. The standard InChI is InChI=1S/C22H17N5O2S/c1-27(26-29)22(28)18-7-2-3-8-21(18)30-16-10-11-17-19(24-25-20(17)14-16)12-9-15-6-4-5-13-23-15/h2-14H,1H3,(H,24,25)/b12-9+. The summed E-state index contributed by atoms with van der Waals surface area (Å²) in [5.74, 6) is -0.447. The predicted octanol–water partition coefficient (Wildman–Crippen LogP) is 5.03. The monoisotopic (exact) mass is 415 g/mol. The highest BCUT2D eigenvalue weighted by atomic mass is 32.2. The number of nitroso groups, excluding NO2 is 1. The van der Waals surface area contributed by atoms with Gasteiger partial charge in [0, 0.05) is 28.4 Å². The molecule has 2 heterocycles. The molecule has 0 saturated carbocycles. The molecule has 0 atom stereocenters. The molecule has 0 aliphatic carbocycles. The second kappa shape index (κ2) is 8.71. The summed E-state index contributed by atoms with van der Waals surface area (Å²) in [6.07, 6.45) is 5.58. The largest absolute Gasteiger partial charge is 0.277 e. The van der Waals surface area contributed by atoms with Gasteiger partial charge in [0.15, 0.2) is 0 Å². The number of aromatic nitrogens is 3. The Kier molecular flexibility index (Phi) is 5.67. The summed E-state index contributed by atoms with van der Waals surface area (Å²) in [5, 5.41) is 11.9. The Hall–Kier alpha value is -3.78. The summed E-state index contributed by atoms with van der Waals surface area (Å²) in [6.45, 7) is 0. The van der Waals surface area contributed by atoms with Crippen LogP contribution >= 0.6 is 11.8 Å². The summed E-state index contributed by atoms with van der Waals surface area (Å²) in [5.41, 5.74) is 2.99. The zero-order valence-electron chi connectivity index (χ0n) is 16.0. The zero-order chi connectivity index (χ0) is 20.9. The molecule has 0 radical (unpaired) electrons. The van der Waals surface area contributed by atoms with Gasteiger partial charge in [-0.15, -0.1) is 4.91 Å². The topological polar surface area (TPSA) is 91.3 Å². The Labute approximate surface area is 176 Å². The second-order valence-corrected chi connectivity index (χ2v) is 7.53. The van der Waals surface area contributed by atoms with Gasteiger partial charge in [0.1, 0.15) is 0 Å². The lowest BCUT2D eigenvalue weighted by molar-refractivity contribution is 0.0793. The zero-order valence-corrected chi connectivity index (χ0v) is 16.8. The average Bonchev–Trinajstić information content (AvgIpc) is 3.20. The van der Waals surface area contributed by atoms with Crippen LogP contribution in [0.3, 0.4) is 0 Å². The molecule has 7 nitrogen and oxygen atoms in total. The Morgan fingerprint density at radius 2 is 1.93 bits per heavy atom. The number of benzene rings is 2. The fourth-order valence-corrected chi connectivity index (χ4v) is 3.90. The van der Waals surface area contributed by atoms with Crippen LogP contribution in [-0.2, 0) is 0 Å². The molecule has 0 bridgehead atoms. The number of nitrogens with one attached hydrogen (secondary N) is 1. The van der Waals surface area contributed by atoms with E-state index < -0.39 is 5.91 Å². The van der Waals surface area contributed by atoms with Crippen LogP contribution in [0, 0.1) is 4.91 Å². The van der Waals surface area contributed by atoms with Crippen molar-refractivity contribution in [3.63, 3.8) is 0 Å². The van der Waals surface area contributed by atoms with Crippen LogP contribution < -0.4 is 0 Å². The first-order valence-corrected chi connectivity index (χ1v) is 9.93. The van der Waals surface area contributed by atoms with Crippen LogP contribution in [-0.4, -0.2) is 33.1 Å². The van der Waals surface area contributed by atoms with Crippen LogP contribution in [0.1, 0.15) is 21.7 Å². The van der Waals surface area contributed by atoms with Crippen molar-refractivity contribution in [1.82, 2.24) is 20.2 Å². The van der Waals surface area contributed by atoms with Crippen molar-refractivity contribution >= 4 is 40.7 Å². The predicted molar refractivity (Wildman–Crippen MR) is 118 cm³/mol. The Bertz CT molecular complexity index is 1240. The van der Waals surface area contributed by atoms with Crippen molar-refractivity contribution in [3.05, 3.63) is 88.7 Å².